The normalized spacial score (nSPS) is 14.3. The van der Waals surface area contributed by atoms with E-state index in [1.165, 1.54) is 0 Å². The molecule has 8 N–H and O–H groups in total. The predicted octanol–water partition coefficient (Wildman–Crippen LogP) is 2.58. The Morgan fingerprint density at radius 2 is 0.774 bits per heavy atom. The van der Waals surface area contributed by atoms with Crippen molar-refractivity contribution in [1.29, 1.82) is 0 Å². The molecule has 0 amide bonds. The smallest absolute Gasteiger partial charge is 0.232 e. The van der Waals surface area contributed by atoms with Gasteiger partial charge in [-0.15, -0.1) is 0 Å². The standard InChI is InChI=1S/C40H55N7O6/c48-26-16-38(17-27-49,18-28-50)44-35-41-36(45-39(19-29-51,20-30-52)21-31-53)43-37(42-35)46-22-24-47(25-23-46)40(32-10-4-1-5-11-32,33-12-6-2-7-13-33)34-14-8-3-9-15-34/h1-15,48-53H,16-31H2,(H2,41,42,43,44,45). The zero-order valence-electron chi connectivity index (χ0n) is 30.4. The minimum atomic E-state index is -0.897. The van der Waals surface area contributed by atoms with Crippen LogP contribution in [0.5, 0.6) is 0 Å². The van der Waals surface area contributed by atoms with E-state index in [1.54, 1.807) is 0 Å². The van der Waals surface area contributed by atoms with Gasteiger partial charge in [-0.05, 0) is 55.2 Å². The van der Waals surface area contributed by atoms with Crippen LogP contribution in [-0.4, -0.2) is 127 Å². The maximum atomic E-state index is 9.96. The van der Waals surface area contributed by atoms with Crippen LogP contribution in [0.3, 0.4) is 0 Å². The van der Waals surface area contributed by atoms with Gasteiger partial charge in [0.2, 0.25) is 17.8 Å². The summed E-state index contributed by atoms with van der Waals surface area (Å²) in [6, 6.07) is 31.7. The molecule has 1 aliphatic rings. The van der Waals surface area contributed by atoms with Crippen molar-refractivity contribution in [2.75, 3.05) is 81.4 Å². The fourth-order valence-corrected chi connectivity index (χ4v) is 7.83. The lowest BCUT2D eigenvalue weighted by molar-refractivity contribution is 0.146. The van der Waals surface area contributed by atoms with E-state index in [1.807, 2.05) is 18.2 Å². The Bertz CT molecular complexity index is 1470. The number of rotatable bonds is 21. The van der Waals surface area contributed by atoms with Crippen LogP contribution in [0.25, 0.3) is 0 Å². The number of anilines is 3. The summed E-state index contributed by atoms with van der Waals surface area (Å²) in [6.07, 6.45) is 1.42. The molecule has 0 saturated carbocycles. The van der Waals surface area contributed by atoms with Crippen molar-refractivity contribution in [2.45, 2.75) is 55.1 Å². The molecule has 13 heteroatoms. The monoisotopic (exact) mass is 729 g/mol. The number of aliphatic hydroxyl groups excluding tert-OH is 6. The molecule has 0 unspecified atom stereocenters. The quantitative estimate of drug-likeness (QED) is 0.0585. The van der Waals surface area contributed by atoms with Crippen LogP contribution in [0.1, 0.15) is 55.2 Å². The van der Waals surface area contributed by atoms with Gasteiger partial charge in [-0.1, -0.05) is 91.0 Å². The first-order valence-electron chi connectivity index (χ1n) is 18.6. The second-order valence-corrected chi connectivity index (χ2v) is 13.7. The fourth-order valence-electron chi connectivity index (χ4n) is 7.83. The molecule has 0 aliphatic carbocycles. The van der Waals surface area contributed by atoms with Gasteiger partial charge in [0.25, 0.3) is 0 Å². The summed E-state index contributed by atoms with van der Waals surface area (Å²) in [4.78, 5) is 19.0. The summed E-state index contributed by atoms with van der Waals surface area (Å²) in [5.74, 6) is 0.771. The van der Waals surface area contributed by atoms with Gasteiger partial charge in [0.1, 0.15) is 0 Å². The third-order valence-corrected chi connectivity index (χ3v) is 10.5. The molecule has 1 saturated heterocycles. The van der Waals surface area contributed by atoms with E-state index in [-0.39, 0.29) is 90.1 Å². The largest absolute Gasteiger partial charge is 0.396 e. The van der Waals surface area contributed by atoms with Crippen LogP contribution in [0.4, 0.5) is 17.8 Å². The van der Waals surface area contributed by atoms with E-state index >= 15 is 0 Å². The first kappa shape index (κ1) is 40.0. The van der Waals surface area contributed by atoms with Crippen molar-refractivity contribution >= 4 is 17.8 Å². The van der Waals surface area contributed by atoms with E-state index in [9.17, 15) is 30.6 Å². The first-order chi connectivity index (χ1) is 25.9. The molecule has 286 valence electrons. The molecule has 1 aromatic heterocycles. The van der Waals surface area contributed by atoms with Crippen molar-refractivity contribution in [3.8, 4) is 0 Å². The van der Waals surface area contributed by atoms with Gasteiger partial charge in [-0.2, -0.15) is 15.0 Å². The Labute approximate surface area is 312 Å². The van der Waals surface area contributed by atoms with Gasteiger partial charge in [0.15, 0.2) is 0 Å². The number of aromatic nitrogens is 3. The topological polar surface area (TPSA) is 191 Å². The Kier molecular flexibility index (Phi) is 14.5. The summed E-state index contributed by atoms with van der Waals surface area (Å²) < 4.78 is 0. The van der Waals surface area contributed by atoms with Gasteiger partial charge in [0, 0.05) is 76.9 Å². The van der Waals surface area contributed by atoms with Crippen molar-refractivity contribution in [3.63, 3.8) is 0 Å². The Morgan fingerprint density at radius 3 is 1.08 bits per heavy atom. The molecule has 1 fully saturated rings. The number of benzene rings is 3. The zero-order valence-corrected chi connectivity index (χ0v) is 30.4. The average molecular weight is 730 g/mol. The molecular weight excluding hydrogens is 674 g/mol. The maximum Gasteiger partial charge on any atom is 0.232 e. The SMILES string of the molecule is OCCC(CCO)(CCO)Nc1nc(NC(CCO)(CCO)CCO)nc(N2CCN(C(c3ccccc3)(c3ccccc3)c3ccccc3)CC2)n1. The number of nitrogens with one attached hydrogen (secondary N) is 2. The lowest BCUT2D eigenvalue weighted by Crippen LogP contribution is -2.57. The Morgan fingerprint density at radius 1 is 0.453 bits per heavy atom. The highest BCUT2D eigenvalue weighted by Gasteiger charge is 2.43. The van der Waals surface area contributed by atoms with Crippen LogP contribution in [0.2, 0.25) is 0 Å². The molecule has 13 nitrogen and oxygen atoms in total. The second kappa shape index (κ2) is 19.2. The molecule has 0 bridgehead atoms. The summed E-state index contributed by atoms with van der Waals surface area (Å²) in [5.41, 5.74) is 1.10. The van der Waals surface area contributed by atoms with Gasteiger partial charge in [-0.3, -0.25) is 4.90 Å². The lowest BCUT2D eigenvalue weighted by atomic mass is 9.75. The van der Waals surface area contributed by atoms with E-state index in [0.29, 0.717) is 32.1 Å². The zero-order chi connectivity index (χ0) is 37.6. The molecule has 0 atom stereocenters. The molecule has 1 aliphatic heterocycles. The van der Waals surface area contributed by atoms with Crippen LogP contribution >= 0.6 is 0 Å². The average Bonchev–Trinajstić information content (AvgIpc) is 3.17. The number of hydrogen-bond donors (Lipinski definition) is 8. The van der Waals surface area contributed by atoms with Crippen LogP contribution in [0.15, 0.2) is 91.0 Å². The van der Waals surface area contributed by atoms with E-state index in [4.69, 9.17) is 15.0 Å². The maximum absolute atomic E-state index is 9.96. The van der Waals surface area contributed by atoms with Crippen LogP contribution < -0.4 is 15.5 Å². The molecule has 0 radical (unpaired) electrons. The minimum Gasteiger partial charge on any atom is -0.396 e. The highest BCUT2D eigenvalue weighted by atomic mass is 16.3. The number of aliphatic hydroxyl groups is 6. The third-order valence-electron chi connectivity index (χ3n) is 10.5. The molecule has 3 aromatic carbocycles. The molecule has 2 heterocycles. The molecule has 4 aromatic rings. The van der Waals surface area contributed by atoms with Gasteiger partial charge < -0.3 is 46.2 Å². The van der Waals surface area contributed by atoms with E-state index < -0.39 is 16.6 Å². The van der Waals surface area contributed by atoms with Crippen LogP contribution in [-0.2, 0) is 5.54 Å². The van der Waals surface area contributed by atoms with Gasteiger partial charge in [0.05, 0.1) is 5.54 Å². The van der Waals surface area contributed by atoms with Crippen molar-refractivity contribution in [3.05, 3.63) is 108 Å². The fraction of sp³-hybridized carbons (Fsp3) is 0.475. The highest BCUT2D eigenvalue weighted by molar-refractivity contribution is 5.51. The third kappa shape index (κ3) is 9.30. The molecule has 5 rings (SSSR count). The molecular formula is C40H55N7O6. The van der Waals surface area contributed by atoms with Gasteiger partial charge >= 0.3 is 0 Å². The summed E-state index contributed by atoms with van der Waals surface area (Å²) in [5, 5.41) is 66.4. The minimum absolute atomic E-state index is 0.184. The number of piperazine rings is 1. The second-order valence-electron chi connectivity index (χ2n) is 13.7. The number of nitrogens with zero attached hydrogens (tertiary/aromatic N) is 5. The van der Waals surface area contributed by atoms with E-state index in [2.05, 4.69) is 93.2 Å². The molecule has 0 spiro atoms. The summed E-state index contributed by atoms with van der Waals surface area (Å²) >= 11 is 0. The van der Waals surface area contributed by atoms with Crippen molar-refractivity contribution in [2.24, 2.45) is 0 Å². The van der Waals surface area contributed by atoms with Gasteiger partial charge in [-0.25, -0.2) is 0 Å². The van der Waals surface area contributed by atoms with Crippen LogP contribution in [0, 0.1) is 0 Å². The first-order valence-corrected chi connectivity index (χ1v) is 18.6. The highest BCUT2D eigenvalue weighted by Crippen LogP contribution is 2.43. The number of hydrogen-bond acceptors (Lipinski definition) is 13. The van der Waals surface area contributed by atoms with Crippen molar-refractivity contribution in [1.82, 2.24) is 19.9 Å². The van der Waals surface area contributed by atoms with E-state index in [0.717, 1.165) is 16.7 Å². The lowest BCUT2D eigenvalue weighted by Gasteiger charge is -2.49. The summed E-state index contributed by atoms with van der Waals surface area (Å²) in [6.45, 7) is 1.35. The summed E-state index contributed by atoms with van der Waals surface area (Å²) in [7, 11) is 0. The Balaban J connectivity index is 1.55. The Hall–Kier alpha value is -4.21. The predicted molar refractivity (Wildman–Crippen MR) is 206 cm³/mol. The molecule has 53 heavy (non-hydrogen) atoms. The van der Waals surface area contributed by atoms with Crippen molar-refractivity contribution < 1.29 is 30.6 Å².